The van der Waals surface area contributed by atoms with Crippen LogP contribution in [0, 0.1) is 24.4 Å². The molecule has 0 spiro atoms. The van der Waals surface area contributed by atoms with E-state index in [0.717, 1.165) is 49.0 Å². The van der Waals surface area contributed by atoms with Gasteiger partial charge in [-0.2, -0.15) is 0 Å². The Morgan fingerprint density at radius 3 is 2.36 bits per heavy atom. The molecule has 0 radical (unpaired) electrons. The Kier molecular flexibility index (Phi) is 8.58. The van der Waals surface area contributed by atoms with E-state index < -0.39 is 29.2 Å². The highest BCUT2D eigenvalue weighted by atomic mass is 19.1. The first-order chi connectivity index (χ1) is 15.9. The van der Waals surface area contributed by atoms with Crippen LogP contribution in [0.4, 0.5) is 23.7 Å². The Hall–Kier alpha value is -3.22. The molecule has 0 bridgehead atoms. The van der Waals surface area contributed by atoms with Gasteiger partial charge in [-0.05, 0) is 37.1 Å². The van der Waals surface area contributed by atoms with Crippen LogP contribution in [0.25, 0.3) is 5.69 Å². The van der Waals surface area contributed by atoms with Crippen LogP contribution in [0.5, 0.6) is 0 Å². The number of anilines is 1. The van der Waals surface area contributed by atoms with Gasteiger partial charge < -0.3 is 14.8 Å². The SMILES string of the molecule is CCCCCCCN(Cc1cccn1-c1ccccc1C)C(=O)Nc1c(F)cc(F)cc1F. The molecule has 0 atom stereocenters. The number of urea groups is 1. The van der Waals surface area contributed by atoms with Gasteiger partial charge in [0.05, 0.1) is 6.54 Å². The Labute approximate surface area is 193 Å². The fourth-order valence-corrected chi connectivity index (χ4v) is 3.82. The largest absolute Gasteiger partial charge is 0.322 e. The normalized spacial score (nSPS) is 10.9. The molecule has 7 heteroatoms. The maximum atomic E-state index is 14.1. The third-order valence-electron chi connectivity index (χ3n) is 5.62. The fraction of sp³-hybridized carbons (Fsp3) is 0.346. The van der Waals surface area contributed by atoms with Gasteiger partial charge in [0, 0.05) is 36.3 Å². The van der Waals surface area contributed by atoms with Gasteiger partial charge in [0.15, 0.2) is 11.6 Å². The molecular formula is C26H30F3N3O. The second kappa shape index (κ2) is 11.6. The summed E-state index contributed by atoms with van der Waals surface area (Å²) in [6.07, 6.45) is 6.94. The van der Waals surface area contributed by atoms with Crippen LogP contribution >= 0.6 is 0 Å². The summed E-state index contributed by atoms with van der Waals surface area (Å²) in [7, 11) is 0. The molecule has 4 nitrogen and oxygen atoms in total. The van der Waals surface area contributed by atoms with E-state index >= 15 is 0 Å². The van der Waals surface area contributed by atoms with E-state index in [9.17, 15) is 18.0 Å². The van der Waals surface area contributed by atoms with Gasteiger partial charge in [0.1, 0.15) is 11.5 Å². The lowest BCUT2D eigenvalue weighted by Gasteiger charge is -2.24. The van der Waals surface area contributed by atoms with Crippen molar-refractivity contribution in [2.75, 3.05) is 11.9 Å². The van der Waals surface area contributed by atoms with Gasteiger partial charge in [-0.15, -0.1) is 0 Å². The Morgan fingerprint density at radius 2 is 1.67 bits per heavy atom. The summed E-state index contributed by atoms with van der Waals surface area (Å²) in [6.45, 7) is 4.83. The predicted molar refractivity (Wildman–Crippen MR) is 125 cm³/mol. The van der Waals surface area contributed by atoms with Crippen LogP contribution in [-0.2, 0) is 6.54 Å². The van der Waals surface area contributed by atoms with E-state index in [1.807, 2.05) is 54.1 Å². The van der Waals surface area contributed by atoms with Gasteiger partial charge in [-0.1, -0.05) is 50.8 Å². The number of nitrogens with one attached hydrogen (secondary N) is 1. The zero-order valence-corrected chi connectivity index (χ0v) is 19.1. The summed E-state index contributed by atoms with van der Waals surface area (Å²) in [5, 5.41) is 2.30. The lowest BCUT2D eigenvalue weighted by Crippen LogP contribution is -2.36. The van der Waals surface area contributed by atoms with E-state index in [2.05, 4.69) is 12.2 Å². The molecule has 2 amide bonds. The van der Waals surface area contributed by atoms with Crippen molar-refractivity contribution in [3.8, 4) is 5.69 Å². The van der Waals surface area contributed by atoms with E-state index in [1.54, 1.807) is 0 Å². The number of halogens is 3. The summed E-state index contributed by atoms with van der Waals surface area (Å²) in [6, 6.07) is 12.2. The summed E-state index contributed by atoms with van der Waals surface area (Å²) in [4.78, 5) is 14.6. The lowest BCUT2D eigenvalue weighted by atomic mass is 10.1. The minimum Gasteiger partial charge on any atom is -0.319 e. The lowest BCUT2D eigenvalue weighted by molar-refractivity contribution is 0.206. The molecule has 176 valence electrons. The number of hydrogen-bond acceptors (Lipinski definition) is 1. The molecule has 1 N–H and O–H groups in total. The number of aryl methyl sites for hydroxylation is 1. The maximum absolute atomic E-state index is 14.1. The molecule has 0 aliphatic rings. The van der Waals surface area contributed by atoms with Gasteiger partial charge in [-0.3, -0.25) is 0 Å². The molecule has 2 aromatic carbocycles. The van der Waals surface area contributed by atoms with Crippen LogP contribution in [0.2, 0.25) is 0 Å². The van der Waals surface area contributed by atoms with Crippen molar-refractivity contribution >= 4 is 11.7 Å². The number of amides is 2. The average Bonchev–Trinajstić information content (AvgIpc) is 3.23. The highest BCUT2D eigenvalue weighted by Crippen LogP contribution is 2.22. The third kappa shape index (κ3) is 6.40. The molecule has 0 fully saturated rings. The number of para-hydroxylation sites is 1. The number of carbonyl (C=O) groups excluding carboxylic acids is 1. The number of carbonyl (C=O) groups is 1. The highest BCUT2D eigenvalue weighted by molar-refractivity contribution is 5.89. The topological polar surface area (TPSA) is 37.3 Å². The van der Waals surface area contributed by atoms with E-state index in [1.165, 1.54) is 4.90 Å². The quantitative estimate of drug-likeness (QED) is 0.321. The van der Waals surface area contributed by atoms with Crippen molar-refractivity contribution in [3.63, 3.8) is 0 Å². The van der Waals surface area contributed by atoms with Gasteiger partial charge in [0.2, 0.25) is 0 Å². The minimum absolute atomic E-state index is 0.255. The summed E-state index contributed by atoms with van der Waals surface area (Å²) in [5.41, 5.74) is 2.30. The highest BCUT2D eigenvalue weighted by Gasteiger charge is 2.20. The van der Waals surface area contributed by atoms with Crippen LogP contribution in [0.1, 0.15) is 50.3 Å². The molecular weight excluding hydrogens is 427 g/mol. The van der Waals surface area contributed by atoms with E-state index in [4.69, 9.17) is 0 Å². The Morgan fingerprint density at radius 1 is 0.970 bits per heavy atom. The Bertz CT molecular complexity index is 1060. The first-order valence-corrected chi connectivity index (χ1v) is 11.3. The van der Waals surface area contributed by atoms with Crippen LogP contribution in [-0.4, -0.2) is 22.0 Å². The molecule has 0 aliphatic heterocycles. The standard InChI is InChI=1S/C26H30F3N3O/c1-3-4-5-6-9-14-31(26(33)30-25-22(28)16-20(27)17-23(25)29)18-21-12-10-15-32(21)24-13-8-7-11-19(24)2/h7-8,10-13,15-17H,3-6,9,14,18H2,1-2H3,(H,30,33). The van der Waals surface area contributed by atoms with Crippen molar-refractivity contribution in [3.05, 3.63) is 83.4 Å². The second-order valence-electron chi connectivity index (χ2n) is 8.17. The monoisotopic (exact) mass is 457 g/mol. The molecule has 0 saturated heterocycles. The van der Waals surface area contributed by atoms with Gasteiger partial charge in [0.25, 0.3) is 0 Å². The second-order valence-corrected chi connectivity index (χ2v) is 8.17. The third-order valence-corrected chi connectivity index (χ3v) is 5.62. The first-order valence-electron chi connectivity index (χ1n) is 11.3. The van der Waals surface area contributed by atoms with E-state index in [-0.39, 0.29) is 6.54 Å². The fourth-order valence-electron chi connectivity index (χ4n) is 3.82. The molecule has 3 aromatic rings. The number of aromatic nitrogens is 1. The molecule has 0 aliphatic carbocycles. The molecule has 1 heterocycles. The number of rotatable bonds is 10. The number of unbranched alkanes of at least 4 members (excludes halogenated alkanes) is 4. The van der Waals surface area contributed by atoms with Gasteiger partial charge in [-0.25, -0.2) is 18.0 Å². The molecule has 33 heavy (non-hydrogen) atoms. The molecule has 3 rings (SSSR count). The predicted octanol–water partition coefficient (Wildman–Crippen LogP) is 7.21. The first kappa shape index (κ1) is 24.4. The zero-order chi connectivity index (χ0) is 23.8. The van der Waals surface area contributed by atoms with Crippen LogP contribution in [0.3, 0.4) is 0 Å². The van der Waals surface area contributed by atoms with Crippen molar-refractivity contribution in [1.82, 2.24) is 9.47 Å². The van der Waals surface area contributed by atoms with Crippen molar-refractivity contribution in [2.24, 2.45) is 0 Å². The summed E-state index contributed by atoms with van der Waals surface area (Å²) < 4.78 is 43.5. The molecule has 1 aromatic heterocycles. The summed E-state index contributed by atoms with van der Waals surface area (Å²) >= 11 is 0. The van der Waals surface area contributed by atoms with Gasteiger partial charge >= 0.3 is 6.03 Å². The minimum atomic E-state index is -1.15. The maximum Gasteiger partial charge on any atom is 0.322 e. The van der Waals surface area contributed by atoms with Crippen molar-refractivity contribution < 1.29 is 18.0 Å². The molecule has 0 unspecified atom stereocenters. The average molecular weight is 458 g/mol. The zero-order valence-electron chi connectivity index (χ0n) is 19.1. The summed E-state index contributed by atoms with van der Waals surface area (Å²) in [5.74, 6) is -3.33. The number of hydrogen-bond donors (Lipinski definition) is 1. The number of benzene rings is 2. The Balaban J connectivity index is 1.81. The molecule has 0 saturated carbocycles. The smallest absolute Gasteiger partial charge is 0.319 e. The van der Waals surface area contributed by atoms with Crippen LogP contribution < -0.4 is 5.32 Å². The van der Waals surface area contributed by atoms with E-state index in [0.29, 0.717) is 18.7 Å². The van der Waals surface area contributed by atoms with Crippen molar-refractivity contribution in [1.29, 1.82) is 0 Å². The van der Waals surface area contributed by atoms with Crippen LogP contribution in [0.15, 0.2) is 54.7 Å². The number of nitrogens with zero attached hydrogens (tertiary/aromatic N) is 2. The van der Waals surface area contributed by atoms with Crippen molar-refractivity contribution in [2.45, 2.75) is 52.5 Å².